The zero-order valence-electron chi connectivity index (χ0n) is 8.50. The Kier molecular flexibility index (Phi) is 2.85. The van der Waals surface area contributed by atoms with E-state index >= 15 is 0 Å². The summed E-state index contributed by atoms with van der Waals surface area (Å²) in [5.41, 5.74) is 1.18. The molecule has 0 spiro atoms. The fourth-order valence-corrected chi connectivity index (χ4v) is 2.13. The molecule has 1 atom stereocenters. The Balaban J connectivity index is 2.03. The molecule has 1 aliphatic rings. The number of hydrazine groups is 1. The van der Waals surface area contributed by atoms with Crippen LogP contribution in [0.25, 0.3) is 0 Å². The number of nitro groups is 1. The summed E-state index contributed by atoms with van der Waals surface area (Å²) in [5.74, 6) is 0. The molecule has 1 aliphatic heterocycles. The Hall–Kier alpha value is -1.58. The van der Waals surface area contributed by atoms with Crippen molar-refractivity contribution < 1.29 is 5.03 Å². The van der Waals surface area contributed by atoms with Gasteiger partial charge in [0.25, 0.3) is 0 Å². The van der Waals surface area contributed by atoms with Gasteiger partial charge in [-0.05, 0) is 24.8 Å². The Bertz CT molecular complexity index is 340. The predicted molar refractivity (Wildman–Crippen MR) is 56.9 cm³/mol. The molecule has 4 nitrogen and oxygen atoms in total. The Labute approximate surface area is 88.6 Å². The molecule has 0 N–H and O–H groups in total. The van der Waals surface area contributed by atoms with Gasteiger partial charge in [-0.25, -0.2) is 10.1 Å². The molecule has 80 valence electrons. The average Bonchev–Trinajstić information content (AvgIpc) is 2.67. The number of benzene rings is 1. The van der Waals surface area contributed by atoms with Gasteiger partial charge >= 0.3 is 0 Å². The average molecular weight is 206 g/mol. The predicted octanol–water partition coefficient (Wildman–Crippen LogP) is 1.89. The van der Waals surface area contributed by atoms with E-state index in [4.69, 9.17) is 0 Å². The third-order valence-electron chi connectivity index (χ3n) is 2.87. The van der Waals surface area contributed by atoms with E-state index in [1.807, 2.05) is 30.3 Å². The van der Waals surface area contributed by atoms with Gasteiger partial charge in [-0.2, -0.15) is 0 Å². The van der Waals surface area contributed by atoms with Crippen LogP contribution in [-0.2, 0) is 6.42 Å². The SMILES string of the molecule is O=[N+]([O-])N1CCCC1Cc1ccccc1. The van der Waals surface area contributed by atoms with E-state index in [1.54, 1.807) is 0 Å². The first-order valence-electron chi connectivity index (χ1n) is 5.22. The molecule has 1 aromatic carbocycles. The second-order valence-electron chi connectivity index (χ2n) is 3.89. The number of hydrogen-bond acceptors (Lipinski definition) is 2. The van der Waals surface area contributed by atoms with Gasteiger partial charge in [0.15, 0.2) is 5.03 Å². The first kappa shape index (κ1) is 9.96. The minimum absolute atomic E-state index is 0.0717. The van der Waals surface area contributed by atoms with E-state index in [0.717, 1.165) is 19.3 Å². The highest BCUT2D eigenvalue weighted by molar-refractivity contribution is 5.16. The highest BCUT2D eigenvalue weighted by Gasteiger charge is 2.31. The van der Waals surface area contributed by atoms with Gasteiger partial charge in [-0.3, -0.25) is 0 Å². The lowest BCUT2D eigenvalue weighted by Gasteiger charge is -2.16. The number of hydrogen-bond donors (Lipinski definition) is 0. The van der Waals surface area contributed by atoms with Crippen molar-refractivity contribution in [1.82, 2.24) is 5.01 Å². The Morgan fingerprint density at radius 3 is 2.80 bits per heavy atom. The third kappa shape index (κ3) is 2.26. The zero-order valence-corrected chi connectivity index (χ0v) is 8.50. The highest BCUT2D eigenvalue weighted by Crippen LogP contribution is 2.20. The van der Waals surface area contributed by atoms with Crippen molar-refractivity contribution in [2.24, 2.45) is 0 Å². The molecule has 2 rings (SSSR count). The molecule has 0 amide bonds. The summed E-state index contributed by atoms with van der Waals surface area (Å²) < 4.78 is 0. The zero-order chi connectivity index (χ0) is 10.7. The molecule has 0 aromatic heterocycles. The maximum atomic E-state index is 10.7. The summed E-state index contributed by atoms with van der Waals surface area (Å²) in [6, 6.07) is 10.0. The third-order valence-corrected chi connectivity index (χ3v) is 2.87. The minimum atomic E-state index is -0.263. The summed E-state index contributed by atoms with van der Waals surface area (Å²) in [6.45, 7) is 0.588. The maximum Gasteiger partial charge on any atom is 0.160 e. The van der Waals surface area contributed by atoms with Crippen molar-refractivity contribution in [3.63, 3.8) is 0 Å². The summed E-state index contributed by atoms with van der Waals surface area (Å²) in [6.07, 6.45) is 2.64. The van der Waals surface area contributed by atoms with Crippen LogP contribution >= 0.6 is 0 Å². The van der Waals surface area contributed by atoms with Crippen LogP contribution in [0.5, 0.6) is 0 Å². The molecule has 0 aliphatic carbocycles. The van der Waals surface area contributed by atoms with Crippen molar-refractivity contribution in [2.75, 3.05) is 6.54 Å². The van der Waals surface area contributed by atoms with Crippen LogP contribution in [0, 0.1) is 10.1 Å². The van der Waals surface area contributed by atoms with Crippen molar-refractivity contribution in [1.29, 1.82) is 0 Å². The van der Waals surface area contributed by atoms with Gasteiger partial charge in [-0.15, -0.1) is 5.01 Å². The lowest BCUT2D eigenvalue weighted by Crippen LogP contribution is -2.36. The van der Waals surface area contributed by atoms with Gasteiger partial charge in [-0.1, -0.05) is 30.3 Å². The fourth-order valence-electron chi connectivity index (χ4n) is 2.13. The largest absolute Gasteiger partial charge is 0.235 e. The first-order valence-corrected chi connectivity index (χ1v) is 5.22. The van der Waals surface area contributed by atoms with E-state index in [9.17, 15) is 10.1 Å². The number of rotatable bonds is 3. The Morgan fingerprint density at radius 1 is 1.40 bits per heavy atom. The normalized spacial score (nSPS) is 20.5. The van der Waals surface area contributed by atoms with Crippen LogP contribution in [-0.4, -0.2) is 22.6 Å². The standard InChI is InChI=1S/C11H14N2O2/c14-13(15)12-8-4-7-11(12)9-10-5-2-1-3-6-10/h1-3,5-6,11H,4,7-9H2. The molecule has 0 radical (unpaired) electrons. The fraction of sp³-hybridized carbons (Fsp3) is 0.455. The molecule has 0 bridgehead atoms. The highest BCUT2D eigenvalue weighted by atomic mass is 16.7. The quantitative estimate of drug-likeness (QED) is 0.560. The van der Waals surface area contributed by atoms with Crippen LogP contribution < -0.4 is 0 Å². The van der Waals surface area contributed by atoms with Crippen LogP contribution in [0.3, 0.4) is 0 Å². The summed E-state index contributed by atoms with van der Waals surface area (Å²) >= 11 is 0. The topological polar surface area (TPSA) is 46.4 Å². The van der Waals surface area contributed by atoms with Crippen molar-refractivity contribution in [3.8, 4) is 0 Å². The van der Waals surface area contributed by atoms with Gasteiger partial charge < -0.3 is 0 Å². The van der Waals surface area contributed by atoms with Crippen LogP contribution in [0.2, 0.25) is 0 Å². The van der Waals surface area contributed by atoms with Crippen LogP contribution in [0.15, 0.2) is 30.3 Å². The van der Waals surface area contributed by atoms with Crippen LogP contribution in [0.4, 0.5) is 0 Å². The molecular weight excluding hydrogens is 192 g/mol. The van der Waals surface area contributed by atoms with E-state index in [2.05, 4.69) is 0 Å². The van der Waals surface area contributed by atoms with Gasteiger partial charge in [0.2, 0.25) is 0 Å². The second-order valence-corrected chi connectivity index (χ2v) is 3.89. The summed E-state index contributed by atoms with van der Waals surface area (Å²) in [4.78, 5) is 10.7. The molecule has 15 heavy (non-hydrogen) atoms. The molecule has 1 saturated heterocycles. The minimum Gasteiger partial charge on any atom is -0.235 e. The van der Waals surface area contributed by atoms with Gasteiger partial charge in [0, 0.05) is 0 Å². The van der Waals surface area contributed by atoms with Gasteiger partial charge in [0.1, 0.15) is 0 Å². The molecule has 1 heterocycles. The molecule has 1 aromatic rings. The van der Waals surface area contributed by atoms with E-state index < -0.39 is 0 Å². The molecule has 4 heteroatoms. The summed E-state index contributed by atoms with van der Waals surface area (Å²) in [7, 11) is 0. The Morgan fingerprint density at radius 2 is 2.13 bits per heavy atom. The lowest BCUT2D eigenvalue weighted by molar-refractivity contribution is -0.659. The van der Waals surface area contributed by atoms with Gasteiger partial charge in [0.05, 0.1) is 12.6 Å². The van der Waals surface area contributed by atoms with Crippen molar-refractivity contribution >= 4 is 0 Å². The van der Waals surface area contributed by atoms with E-state index in [1.165, 1.54) is 10.6 Å². The lowest BCUT2D eigenvalue weighted by atomic mass is 10.0. The monoisotopic (exact) mass is 206 g/mol. The smallest absolute Gasteiger partial charge is 0.160 e. The van der Waals surface area contributed by atoms with E-state index in [-0.39, 0.29) is 11.1 Å². The maximum absolute atomic E-state index is 10.7. The van der Waals surface area contributed by atoms with Crippen molar-refractivity contribution in [2.45, 2.75) is 25.3 Å². The first-order chi connectivity index (χ1) is 7.27. The van der Waals surface area contributed by atoms with Crippen LogP contribution in [0.1, 0.15) is 18.4 Å². The number of nitrogens with zero attached hydrogens (tertiary/aromatic N) is 2. The molecule has 1 fully saturated rings. The second kappa shape index (κ2) is 4.29. The van der Waals surface area contributed by atoms with E-state index in [0.29, 0.717) is 6.54 Å². The molecular formula is C11H14N2O2. The molecule has 0 saturated carbocycles. The van der Waals surface area contributed by atoms with Crippen molar-refractivity contribution in [3.05, 3.63) is 46.0 Å². The summed E-state index contributed by atoms with van der Waals surface area (Å²) in [5, 5.41) is 11.8. The molecule has 1 unspecified atom stereocenters.